The number of aromatic nitrogens is 2. The minimum absolute atomic E-state index is 0.0297. The summed E-state index contributed by atoms with van der Waals surface area (Å²) in [6.07, 6.45) is 0. The predicted octanol–water partition coefficient (Wildman–Crippen LogP) is 3.22. The van der Waals surface area contributed by atoms with E-state index >= 15 is 0 Å². The highest BCUT2D eigenvalue weighted by Crippen LogP contribution is 2.32. The lowest BCUT2D eigenvalue weighted by Gasteiger charge is -2.01. The molecule has 0 amide bonds. The molecular formula is C14H7ClN2O. The van der Waals surface area contributed by atoms with E-state index in [2.05, 4.69) is 4.98 Å². The molecule has 3 nitrogen and oxygen atoms in total. The first-order valence-corrected chi connectivity index (χ1v) is 5.95. The van der Waals surface area contributed by atoms with Crippen LogP contribution in [-0.4, -0.2) is 15.3 Å². The number of fused-ring (bicyclic) bond motifs is 5. The van der Waals surface area contributed by atoms with E-state index in [9.17, 15) is 4.79 Å². The molecule has 0 radical (unpaired) electrons. The SMILES string of the molecule is O=C1c2ccccc2-n2c1nc1cc(Cl)ccc12. The number of halogens is 1. The minimum Gasteiger partial charge on any atom is -0.289 e. The summed E-state index contributed by atoms with van der Waals surface area (Å²) in [4.78, 5) is 16.6. The highest BCUT2D eigenvalue weighted by atomic mass is 35.5. The number of benzene rings is 2. The molecule has 0 atom stereocenters. The summed E-state index contributed by atoms with van der Waals surface area (Å²) in [5.74, 6) is 0.436. The molecule has 1 aliphatic heterocycles. The van der Waals surface area contributed by atoms with Crippen molar-refractivity contribution in [2.45, 2.75) is 0 Å². The van der Waals surface area contributed by atoms with Crippen LogP contribution < -0.4 is 0 Å². The largest absolute Gasteiger partial charge is 0.289 e. The molecule has 2 heterocycles. The normalized spacial score (nSPS) is 12.8. The van der Waals surface area contributed by atoms with Gasteiger partial charge in [0.15, 0.2) is 5.82 Å². The van der Waals surface area contributed by atoms with Crippen molar-refractivity contribution in [3.63, 3.8) is 0 Å². The van der Waals surface area contributed by atoms with Gasteiger partial charge in [-0.05, 0) is 30.3 Å². The number of hydrogen-bond donors (Lipinski definition) is 0. The van der Waals surface area contributed by atoms with Crippen LogP contribution in [0.25, 0.3) is 16.7 Å². The fourth-order valence-corrected chi connectivity index (χ4v) is 2.60. The zero-order valence-corrected chi connectivity index (χ0v) is 9.98. The molecule has 4 heteroatoms. The first-order chi connectivity index (χ1) is 8.75. The van der Waals surface area contributed by atoms with Crippen LogP contribution in [-0.2, 0) is 0 Å². The van der Waals surface area contributed by atoms with Gasteiger partial charge in [0.2, 0.25) is 5.78 Å². The fraction of sp³-hybridized carbons (Fsp3) is 0. The average molecular weight is 255 g/mol. The first-order valence-electron chi connectivity index (χ1n) is 5.58. The Morgan fingerprint density at radius 3 is 2.83 bits per heavy atom. The van der Waals surface area contributed by atoms with Crippen LogP contribution in [0.5, 0.6) is 0 Å². The maximum Gasteiger partial charge on any atom is 0.230 e. The van der Waals surface area contributed by atoms with E-state index in [0.717, 1.165) is 16.7 Å². The van der Waals surface area contributed by atoms with E-state index in [-0.39, 0.29) is 5.78 Å². The van der Waals surface area contributed by atoms with E-state index in [1.54, 1.807) is 6.07 Å². The van der Waals surface area contributed by atoms with Crippen molar-refractivity contribution in [1.29, 1.82) is 0 Å². The van der Waals surface area contributed by atoms with Crippen molar-refractivity contribution in [3.8, 4) is 5.69 Å². The van der Waals surface area contributed by atoms with Crippen molar-refractivity contribution in [1.82, 2.24) is 9.55 Å². The van der Waals surface area contributed by atoms with Gasteiger partial charge in [-0.15, -0.1) is 0 Å². The van der Waals surface area contributed by atoms with E-state index < -0.39 is 0 Å². The Balaban J connectivity index is 2.17. The molecule has 2 aromatic carbocycles. The number of para-hydroxylation sites is 1. The molecule has 0 saturated carbocycles. The van der Waals surface area contributed by atoms with E-state index in [4.69, 9.17) is 11.6 Å². The topological polar surface area (TPSA) is 34.9 Å². The lowest BCUT2D eigenvalue weighted by molar-refractivity contribution is 0.103. The Morgan fingerprint density at radius 2 is 1.94 bits per heavy atom. The summed E-state index contributed by atoms with van der Waals surface area (Å²) in [5, 5.41) is 0.625. The van der Waals surface area contributed by atoms with Crippen molar-refractivity contribution < 1.29 is 4.79 Å². The molecule has 0 unspecified atom stereocenters. The second-order valence-corrected chi connectivity index (χ2v) is 4.69. The number of rotatable bonds is 0. The van der Waals surface area contributed by atoms with Gasteiger partial charge in [0.25, 0.3) is 0 Å². The smallest absolute Gasteiger partial charge is 0.230 e. The fourth-order valence-electron chi connectivity index (χ4n) is 2.43. The van der Waals surface area contributed by atoms with Gasteiger partial charge in [0.1, 0.15) is 0 Å². The monoisotopic (exact) mass is 254 g/mol. The Labute approximate surface area is 108 Å². The molecule has 0 bridgehead atoms. The number of hydrogen-bond acceptors (Lipinski definition) is 2. The van der Waals surface area contributed by atoms with Crippen LogP contribution >= 0.6 is 11.6 Å². The predicted molar refractivity (Wildman–Crippen MR) is 69.5 cm³/mol. The summed E-state index contributed by atoms with van der Waals surface area (Å²) in [6.45, 7) is 0. The number of ketones is 1. The average Bonchev–Trinajstić information content (AvgIpc) is 2.87. The van der Waals surface area contributed by atoms with Crippen molar-refractivity contribution >= 4 is 28.4 Å². The van der Waals surface area contributed by atoms with Gasteiger partial charge in [0.05, 0.1) is 16.7 Å². The standard InChI is InChI=1S/C14H7ClN2O/c15-8-5-6-12-10(7-8)16-14-13(18)9-3-1-2-4-11(9)17(12)14/h1-7H. The highest BCUT2D eigenvalue weighted by Gasteiger charge is 2.29. The Bertz CT molecular complexity index is 820. The first kappa shape index (κ1) is 9.85. The molecule has 1 aliphatic rings. The second-order valence-electron chi connectivity index (χ2n) is 4.25. The Morgan fingerprint density at radius 1 is 1.11 bits per heavy atom. The zero-order valence-electron chi connectivity index (χ0n) is 9.22. The Hall–Kier alpha value is -2.13. The molecule has 0 aliphatic carbocycles. The summed E-state index contributed by atoms with van der Waals surface area (Å²) in [6, 6.07) is 13.0. The van der Waals surface area contributed by atoms with Gasteiger partial charge in [-0.25, -0.2) is 4.98 Å². The number of nitrogens with zero attached hydrogens (tertiary/aromatic N) is 2. The highest BCUT2D eigenvalue weighted by molar-refractivity contribution is 6.31. The molecule has 3 aromatic rings. The quantitative estimate of drug-likeness (QED) is 0.483. The number of carbonyl (C=O) groups excluding carboxylic acids is 1. The van der Waals surface area contributed by atoms with Gasteiger partial charge in [-0.1, -0.05) is 23.7 Å². The zero-order chi connectivity index (χ0) is 12.3. The lowest BCUT2D eigenvalue weighted by atomic mass is 10.1. The molecule has 18 heavy (non-hydrogen) atoms. The molecule has 0 saturated heterocycles. The van der Waals surface area contributed by atoms with Crippen LogP contribution in [0.1, 0.15) is 16.2 Å². The summed E-state index contributed by atoms with van der Waals surface area (Å²) in [7, 11) is 0. The van der Waals surface area contributed by atoms with Crippen molar-refractivity contribution in [2.24, 2.45) is 0 Å². The molecule has 86 valence electrons. The van der Waals surface area contributed by atoms with Crippen LogP contribution in [0.3, 0.4) is 0 Å². The third-order valence-corrected chi connectivity index (χ3v) is 3.44. The lowest BCUT2D eigenvalue weighted by Crippen LogP contribution is -1.97. The summed E-state index contributed by atoms with van der Waals surface area (Å²) >= 11 is 5.94. The summed E-state index contributed by atoms with van der Waals surface area (Å²) < 4.78 is 1.89. The molecule has 0 spiro atoms. The molecule has 1 aromatic heterocycles. The van der Waals surface area contributed by atoms with Crippen molar-refractivity contribution in [3.05, 3.63) is 58.9 Å². The minimum atomic E-state index is -0.0297. The van der Waals surface area contributed by atoms with Gasteiger partial charge in [-0.3, -0.25) is 9.36 Å². The van der Waals surface area contributed by atoms with Gasteiger partial charge in [0, 0.05) is 10.6 Å². The van der Waals surface area contributed by atoms with Gasteiger partial charge < -0.3 is 0 Å². The maximum absolute atomic E-state index is 12.2. The van der Waals surface area contributed by atoms with Crippen molar-refractivity contribution in [2.75, 3.05) is 0 Å². The third kappa shape index (κ3) is 1.09. The van der Waals surface area contributed by atoms with Crippen LogP contribution in [0.2, 0.25) is 5.02 Å². The molecule has 0 fully saturated rings. The second kappa shape index (κ2) is 3.21. The van der Waals surface area contributed by atoms with Crippen LogP contribution in [0.4, 0.5) is 0 Å². The number of carbonyl (C=O) groups is 1. The molecular weight excluding hydrogens is 248 g/mol. The van der Waals surface area contributed by atoms with Crippen LogP contribution in [0, 0.1) is 0 Å². The maximum atomic E-state index is 12.2. The third-order valence-electron chi connectivity index (χ3n) is 3.21. The van der Waals surface area contributed by atoms with E-state index in [1.165, 1.54) is 0 Å². The summed E-state index contributed by atoms with van der Waals surface area (Å²) in [5.41, 5.74) is 3.26. The van der Waals surface area contributed by atoms with Gasteiger partial charge in [-0.2, -0.15) is 0 Å². The van der Waals surface area contributed by atoms with Gasteiger partial charge >= 0.3 is 0 Å². The van der Waals surface area contributed by atoms with Crippen LogP contribution in [0.15, 0.2) is 42.5 Å². The molecule has 0 N–H and O–H groups in total. The van der Waals surface area contributed by atoms with E-state index in [1.807, 2.05) is 41.0 Å². The Kier molecular flexibility index (Phi) is 1.76. The van der Waals surface area contributed by atoms with E-state index in [0.29, 0.717) is 16.4 Å². The number of imidazole rings is 1. The molecule has 4 rings (SSSR count).